The molecule has 1 aliphatic heterocycles. The van der Waals surface area contributed by atoms with Crippen molar-refractivity contribution in [2.45, 2.75) is 57.5 Å². The maximum Gasteiger partial charge on any atom is 0.00939 e. The Labute approximate surface area is 94.4 Å². The van der Waals surface area contributed by atoms with Gasteiger partial charge in [-0.15, -0.1) is 0 Å². The summed E-state index contributed by atoms with van der Waals surface area (Å²) >= 11 is 0. The second kappa shape index (κ2) is 5.31. The van der Waals surface area contributed by atoms with E-state index >= 15 is 0 Å². The summed E-state index contributed by atoms with van der Waals surface area (Å²) in [5.74, 6) is 0.947. The fourth-order valence-electron chi connectivity index (χ4n) is 3.09. The fourth-order valence-corrected chi connectivity index (χ4v) is 3.09. The van der Waals surface area contributed by atoms with Crippen LogP contribution in [-0.4, -0.2) is 37.1 Å². The Kier molecular flexibility index (Phi) is 4.04. The van der Waals surface area contributed by atoms with Crippen LogP contribution in [0.15, 0.2) is 0 Å². The molecule has 88 valence electrons. The molecule has 0 aromatic heterocycles. The van der Waals surface area contributed by atoms with Gasteiger partial charge >= 0.3 is 0 Å². The van der Waals surface area contributed by atoms with Crippen LogP contribution in [0, 0.1) is 5.92 Å². The van der Waals surface area contributed by atoms with Crippen molar-refractivity contribution in [3.8, 4) is 0 Å². The van der Waals surface area contributed by atoms with Crippen molar-refractivity contribution in [1.82, 2.24) is 10.2 Å². The average Bonchev–Trinajstić information content (AvgIpc) is 2.22. The molecule has 2 fully saturated rings. The predicted octanol–water partition coefficient (Wildman–Crippen LogP) is 2.25. The molecule has 1 N–H and O–H groups in total. The van der Waals surface area contributed by atoms with Gasteiger partial charge in [0.2, 0.25) is 0 Å². The number of hydrogen-bond donors (Lipinski definition) is 1. The van der Waals surface area contributed by atoms with Gasteiger partial charge in [-0.3, -0.25) is 0 Å². The molecule has 1 saturated heterocycles. The van der Waals surface area contributed by atoms with Gasteiger partial charge in [-0.25, -0.2) is 0 Å². The van der Waals surface area contributed by atoms with Crippen LogP contribution in [0.25, 0.3) is 0 Å². The highest BCUT2D eigenvalue weighted by atomic mass is 15.1. The SMILES string of the molecule is CC1CCCC(NC2CCN(C)CC2)C1. The van der Waals surface area contributed by atoms with Gasteiger partial charge in [-0.2, -0.15) is 0 Å². The molecule has 0 aromatic carbocycles. The van der Waals surface area contributed by atoms with Crippen molar-refractivity contribution < 1.29 is 0 Å². The molecule has 0 bridgehead atoms. The molecule has 1 aliphatic carbocycles. The minimum atomic E-state index is 0.802. The van der Waals surface area contributed by atoms with Crippen LogP contribution in [-0.2, 0) is 0 Å². The molecular weight excluding hydrogens is 184 g/mol. The lowest BCUT2D eigenvalue weighted by atomic mass is 9.86. The van der Waals surface area contributed by atoms with Crippen LogP contribution in [0.1, 0.15) is 45.4 Å². The minimum absolute atomic E-state index is 0.802. The average molecular weight is 210 g/mol. The summed E-state index contributed by atoms with van der Waals surface area (Å²) in [7, 11) is 2.24. The van der Waals surface area contributed by atoms with E-state index < -0.39 is 0 Å². The fraction of sp³-hybridized carbons (Fsp3) is 1.00. The van der Waals surface area contributed by atoms with Gasteiger partial charge in [-0.05, 0) is 51.7 Å². The van der Waals surface area contributed by atoms with E-state index in [2.05, 4.69) is 24.2 Å². The molecule has 1 saturated carbocycles. The number of rotatable bonds is 2. The van der Waals surface area contributed by atoms with Crippen LogP contribution >= 0.6 is 0 Å². The third-order valence-electron chi connectivity index (χ3n) is 4.13. The highest BCUT2D eigenvalue weighted by Gasteiger charge is 2.23. The largest absolute Gasteiger partial charge is 0.311 e. The zero-order valence-corrected chi connectivity index (χ0v) is 10.3. The first kappa shape index (κ1) is 11.4. The first-order chi connectivity index (χ1) is 7.24. The summed E-state index contributed by atoms with van der Waals surface area (Å²) in [6, 6.07) is 1.62. The molecule has 2 heteroatoms. The first-order valence-electron chi connectivity index (χ1n) is 6.68. The Morgan fingerprint density at radius 3 is 2.40 bits per heavy atom. The van der Waals surface area contributed by atoms with Gasteiger partial charge in [0.05, 0.1) is 0 Å². The number of likely N-dealkylation sites (tertiary alicyclic amines) is 1. The third-order valence-corrected chi connectivity index (χ3v) is 4.13. The molecule has 2 rings (SSSR count). The smallest absolute Gasteiger partial charge is 0.00939 e. The zero-order valence-electron chi connectivity index (χ0n) is 10.3. The zero-order chi connectivity index (χ0) is 10.7. The molecule has 0 amide bonds. The summed E-state index contributed by atoms with van der Waals surface area (Å²) in [6.07, 6.45) is 8.41. The lowest BCUT2D eigenvalue weighted by molar-refractivity contribution is 0.203. The molecule has 0 aromatic rings. The first-order valence-corrected chi connectivity index (χ1v) is 6.68. The van der Waals surface area contributed by atoms with Crippen molar-refractivity contribution in [1.29, 1.82) is 0 Å². The molecule has 0 spiro atoms. The topological polar surface area (TPSA) is 15.3 Å². The van der Waals surface area contributed by atoms with E-state index in [1.807, 2.05) is 0 Å². The normalized spacial score (nSPS) is 35.6. The molecule has 15 heavy (non-hydrogen) atoms. The Bertz CT molecular complexity index is 185. The van der Waals surface area contributed by atoms with Gasteiger partial charge in [0.25, 0.3) is 0 Å². The van der Waals surface area contributed by atoms with Crippen molar-refractivity contribution in [2.24, 2.45) is 5.92 Å². The van der Waals surface area contributed by atoms with Gasteiger partial charge in [0, 0.05) is 12.1 Å². The maximum atomic E-state index is 3.88. The van der Waals surface area contributed by atoms with Crippen molar-refractivity contribution >= 4 is 0 Å². The summed E-state index contributed by atoms with van der Waals surface area (Å²) < 4.78 is 0. The summed E-state index contributed by atoms with van der Waals surface area (Å²) in [5.41, 5.74) is 0. The molecule has 2 atom stereocenters. The van der Waals surface area contributed by atoms with E-state index in [0.717, 1.165) is 18.0 Å². The summed E-state index contributed by atoms with van der Waals surface area (Å²) in [4.78, 5) is 2.45. The van der Waals surface area contributed by atoms with E-state index in [4.69, 9.17) is 0 Å². The minimum Gasteiger partial charge on any atom is -0.311 e. The second-order valence-electron chi connectivity index (χ2n) is 5.71. The van der Waals surface area contributed by atoms with Gasteiger partial charge in [-0.1, -0.05) is 19.8 Å². The third kappa shape index (κ3) is 3.46. The van der Waals surface area contributed by atoms with Crippen molar-refractivity contribution in [2.75, 3.05) is 20.1 Å². The Hall–Kier alpha value is -0.0800. The van der Waals surface area contributed by atoms with Crippen LogP contribution < -0.4 is 5.32 Å². The lowest BCUT2D eigenvalue weighted by Crippen LogP contribution is -2.46. The molecule has 2 aliphatic rings. The van der Waals surface area contributed by atoms with Gasteiger partial charge < -0.3 is 10.2 Å². The molecular formula is C13H26N2. The molecule has 1 heterocycles. The Morgan fingerprint density at radius 1 is 1.00 bits per heavy atom. The Morgan fingerprint density at radius 2 is 1.73 bits per heavy atom. The van der Waals surface area contributed by atoms with E-state index in [-0.39, 0.29) is 0 Å². The number of piperidine rings is 1. The van der Waals surface area contributed by atoms with Crippen molar-refractivity contribution in [3.05, 3.63) is 0 Å². The molecule has 2 unspecified atom stereocenters. The number of nitrogens with zero attached hydrogens (tertiary/aromatic N) is 1. The Balaban J connectivity index is 1.71. The standard InChI is InChI=1S/C13H26N2/c1-11-4-3-5-13(10-11)14-12-6-8-15(2)9-7-12/h11-14H,3-10H2,1-2H3. The summed E-state index contributed by atoms with van der Waals surface area (Å²) in [6.45, 7) is 4.96. The van der Waals surface area contributed by atoms with Crippen LogP contribution in [0.2, 0.25) is 0 Å². The number of nitrogens with one attached hydrogen (secondary N) is 1. The second-order valence-corrected chi connectivity index (χ2v) is 5.71. The lowest BCUT2D eigenvalue weighted by Gasteiger charge is -2.35. The highest BCUT2D eigenvalue weighted by molar-refractivity contribution is 4.82. The van der Waals surface area contributed by atoms with E-state index in [1.165, 1.54) is 51.6 Å². The highest BCUT2D eigenvalue weighted by Crippen LogP contribution is 2.24. The van der Waals surface area contributed by atoms with E-state index in [1.54, 1.807) is 0 Å². The molecule has 2 nitrogen and oxygen atoms in total. The van der Waals surface area contributed by atoms with Crippen LogP contribution in [0.3, 0.4) is 0 Å². The molecule has 0 radical (unpaired) electrons. The van der Waals surface area contributed by atoms with Crippen LogP contribution in [0.5, 0.6) is 0 Å². The maximum absolute atomic E-state index is 3.88. The quantitative estimate of drug-likeness (QED) is 0.752. The number of hydrogen-bond acceptors (Lipinski definition) is 2. The van der Waals surface area contributed by atoms with E-state index in [9.17, 15) is 0 Å². The van der Waals surface area contributed by atoms with Gasteiger partial charge in [0.1, 0.15) is 0 Å². The predicted molar refractivity (Wildman–Crippen MR) is 65.1 cm³/mol. The van der Waals surface area contributed by atoms with E-state index in [0.29, 0.717) is 0 Å². The van der Waals surface area contributed by atoms with Crippen LogP contribution in [0.4, 0.5) is 0 Å². The monoisotopic (exact) mass is 210 g/mol. The summed E-state index contributed by atoms with van der Waals surface area (Å²) in [5, 5.41) is 3.88. The van der Waals surface area contributed by atoms with Gasteiger partial charge in [0.15, 0.2) is 0 Å². The van der Waals surface area contributed by atoms with Crippen molar-refractivity contribution in [3.63, 3.8) is 0 Å².